The highest BCUT2D eigenvalue weighted by molar-refractivity contribution is 5.78. The monoisotopic (exact) mass is 320 g/mol. The summed E-state index contributed by atoms with van der Waals surface area (Å²) in [7, 11) is 1.15. The first kappa shape index (κ1) is 19.0. The average Bonchev–Trinajstić information content (AvgIpc) is 2.53. The van der Waals surface area contributed by atoms with E-state index in [1.54, 1.807) is 0 Å². The smallest absolute Gasteiger partial charge is 0.366 e. The van der Waals surface area contributed by atoms with Crippen LogP contribution in [0.4, 0.5) is 0 Å². The SMILES string of the molecule is C=CCO[C@]1(C(=O)OC)C[C@@H](N)[C@@H](N)C([C@H](O)[C@H](O)CO)O1. The number of rotatable bonds is 7. The molecule has 0 aromatic rings. The van der Waals surface area contributed by atoms with Gasteiger partial charge in [-0.2, -0.15) is 0 Å². The minimum Gasteiger partial charge on any atom is -0.465 e. The number of ether oxygens (including phenoxy) is 3. The van der Waals surface area contributed by atoms with Crippen molar-refractivity contribution in [2.24, 2.45) is 11.5 Å². The molecule has 0 aliphatic carbocycles. The average molecular weight is 320 g/mol. The van der Waals surface area contributed by atoms with Crippen molar-refractivity contribution in [3.05, 3.63) is 12.7 Å². The summed E-state index contributed by atoms with van der Waals surface area (Å²) in [6.07, 6.45) is -2.97. The van der Waals surface area contributed by atoms with Crippen LogP contribution in [0.3, 0.4) is 0 Å². The summed E-state index contributed by atoms with van der Waals surface area (Å²) in [6, 6.07) is -1.63. The van der Waals surface area contributed by atoms with Gasteiger partial charge in [-0.15, -0.1) is 6.58 Å². The summed E-state index contributed by atoms with van der Waals surface area (Å²) < 4.78 is 15.6. The first-order valence-corrected chi connectivity index (χ1v) is 6.82. The number of aliphatic hydroxyl groups is 3. The van der Waals surface area contributed by atoms with Gasteiger partial charge in [-0.05, 0) is 0 Å². The van der Waals surface area contributed by atoms with Crippen LogP contribution in [0.5, 0.6) is 0 Å². The Balaban J connectivity index is 3.08. The van der Waals surface area contributed by atoms with Gasteiger partial charge in [0.1, 0.15) is 18.3 Å². The van der Waals surface area contributed by atoms with E-state index in [1.165, 1.54) is 6.08 Å². The molecule has 6 atom stereocenters. The molecule has 9 nitrogen and oxygen atoms in total. The van der Waals surface area contributed by atoms with Crippen molar-refractivity contribution in [3.8, 4) is 0 Å². The quantitative estimate of drug-likeness (QED) is 0.247. The number of hydrogen-bond donors (Lipinski definition) is 5. The maximum Gasteiger partial charge on any atom is 0.366 e. The van der Waals surface area contributed by atoms with E-state index < -0.39 is 48.8 Å². The fourth-order valence-electron chi connectivity index (χ4n) is 2.29. The molecule has 0 aromatic carbocycles. The van der Waals surface area contributed by atoms with Gasteiger partial charge in [0.05, 0.1) is 20.3 Å². The van der Waals surface area contributed by atoms with Gasteiger partial charge in [0, 0.05) is 18.5 Å². The van der Waals surface area contributed by atoms with Crippen molar-refractivity contribution in [3.63, 3.8) is 0 Å². The number of esters is 1. The second-order valence-corrected chi connectivity index (χ2v) is 5.11. The molecule has 0 radical (unpaired) electrons. The largest absolute Gasteiger partial charge is 0.465 e. The van der Waals surface area contributed by atoms with Crippen LogP contribution in [-0.2, 0) is 19.0 Å². The predicted molar refractivity (Wildman–Crippen MR) is 75.4 cm³/mol. The zero-order valence-corrected chi connectivity index (χ0v) is 12.4. The number of hydrogen-bond acceptors (Lipinski definition) is 9. The van der Waals surface area contributed by atoms with Crippen LogP contribution in [0, 0.1) is 0 Å². The third-order valence-corrected chi connectivity index (χ3v) is 3.55. The Morgan fingerprint density at radius 3 is 2.68 bits per heavy atom. The van der Waals surface area contributed by atoms with Gasteiger partial charge in [-0.25, -0.2) is 4.79 Å². The van der Waals surface area contributed by atoms with Crippen LogP contribution < -0.4 is 11.5 Å². The second-order valence-electron chi connectivity index (χ2n) is 5.11. The molecule has 1 aliphatic rings. The standard InChI is InChI=1S/C13H24N2O7/c1-3-4-21-13(12(19)20-2)5-7(14)9(15)11(22-13)10(18)8(17)6-16/h3,7-11,16-18H,1,4-6,14-15H2,2H3/t7-,8-,9-,10-,11?,13-/m1/s1. The van der Waals surface area contributed by atoms with E-state index in [2.05, 4.69) is 11.3 Å². The van der Waals surface area contributed by atoms with E-state index in [1.807, 2.05) is 0 Å². The van der Waals surface area contributed by atoms with Gasteiger partial charge in [-0.1, -0.05) is 6.08 Å². The summed E-state index contributed by atoms with van der Waals surface area (Å²) in [5.41, 5.74) is 11.8. The van der Waals surface area contributed by atoms with Gasteiger partial charge in [-0.3, -0.25) is 0 Å². The van der Waals surface area contributed by atoms with Crippen LogP contribution in [0.25, 0.3) is 0 Å². The number of carbonyl (C=O) groups is 1. The van der Waals surface area contributed by atoms with Gasteiger partial charge in [0.25, 0.3) is 5.79 Å². The van der Waals surface area contributed by atoms with Gasteiger partial charge < -0.3 is 41.0 Å². The van der Waals surface area contributed by atoms with E-state index in [-0.39, 0.29) is 13.0 Å². The van der Waals surface area contributed by atoms with Crippen molar-refractivity contribution in [1.82, 2.24) is 0 Å². The van der Waals surface area contributed by atoms with E-state index in [0.717, 1.165) is 7.11 Å². The highest BCUT2D eigenvalue weighted by atomic mass is 16.7. The summed E-state index contributed by atoms with van der Waals surface area (Å²) in [5.74, 6) is -2.70. The maximum absolute atomic E-state index is 12.1. The van der Waals surface area contributed by atoms with Crippen LogP contribution in [0.2, 0.25) is 0 Å². The third-order valence-electron chi connectivity index (χ3n) is 3.55. The van der Waals surface area contributed by atoms with Crippen LogP contribution in [0.15, 0.2) is 12.7 Å². The third kappa shape index (κ3) is 3.82. The van der Waals surface area contributed by atoms with Crippen LogP contribution in [-0.4, -0.2) is 77.8 Å². The fraction of sp³-hybridized carbons (Fsp3) is 0.769. The van der Waals surface area contributed by atoms with E-state index in [9.17, 15) is 15.0 Å². The Bertz CT molecular complexity index is 395. The lowest BCUT2D eigenvalue weighted by molar-refractivity contribution is -0.296. The normalized spacial score (nSPS) is 34.7. The van der Waals surface area contributed by atoms with Gasteiger partial charge in [0.15, 0.2) is 0 Å². The number of carbonyl (C=O) groups excluding carboxylic acids is 1. The lowest BCUT2D eigenvalue weighted by Crippen LogP contribution is -2.68. The Morgan fingerprint density at radius 1 is 1.55 bits per heavy atom. The van der Waals surface area contributed by atoms with Crippen molar-refractivity contribution < 1.29 is 34.3 Å². The molecule has 1 unspecified atom stereocenters. The molecule has 1 aliphatic heterocycles. The Hall–Kier alpha value is -1.07. The van der Waals surface area contributed by atoms with Crippen LogP contribution in [0.1, 0.15) is 6.42 Å². The fourth-order valence-corrected chi connectivity index (χ4v) is 2.29. The number of methoxy groups -OCH3 is 1. The molecule has 0 spiro atoms. The Kier molecular flexibility index (Phi) is 6.88. The van der Waals surface area contributed by atoms with E-state index in [4.69, 9.17) is 26.0 Å². The highest BCUT2D eigenvalue weighted by Crippen LogP contribution is 2.32. The Morgan fingerprint density at radius 2 is 2.18 bits per heavy atom. The van der Waals surface area contributed by atoms with Crippen molar-refractivity contribution in [1.29, 1.82) is 0 Å². The zero-order valence-electron chi connectivity index (χ0n) is 12.4. The highest BCUT2D eigenvalue weighted by Gasteiger charge is 2.54. The molecule has 22 heavy (non-hydrogen) atoms. The topological polar surface area (TPSA) is 157 Å². The number of nitrogens with two attached hydrogens (primary N) is 2. The van der Waals surface area contributed by atoms with E-state index in [0.29, 0.717) is 0 Å². The minimum absolute atomic E-state index is 0.0254. The molecule has 1 fully saturated rings. The van der Waals surface area contributed by atoms with Crippen molar-refractivity contribution >= 4 is 5.97 Å². The van der Waals surface area contributed by atoms with Crippen molar-refractivity contribution in [2.75, 3.05) is 20.3 Å². The summed E-state index contributed by atoms with van der Waals surface area (Å²) in [4.78, 5) is 12.1. The lowest BCUT2D eigenvalue weighted by Gasteiger charge is -2.46. The lowest BCUT2D eigenvalue weighted by atomic mass is 9.88. The van der Waals surface area contributed by atoms with E-state index >= 15 is 0 Å². The predicted octanol–water partition coefficient (Wildman–Crippen LogP) is -2.78. The summed E-state index contributed by atoms with van der Waals surface area (Å²) >= 11 is 0. The molecule has 1 saturated heterocycles. The minimum atomic E-state index is -1.86. The maximum atomic E-state index is 12.1. The van der Waals surface area contributed by atoms with Crippen LogP contribution >= 0.6 is 0 Å². The molecule has 1 rings (SSSR count). The molecule has 9 heteroatoms. The second kappa shape index (κ2) is 7.97. The zero-order chi connectivity index (χ0) is 16.9. The number of aliphatic hydroxyl groups excluding tert-OH is 3. The molecule has 0 saturated carbocycles. The molecule has 0 amide bonds. The summed E-state index contributed by atoms with van der Waals surface area (Å²) in [5, 5.41) is 28.6. The molecule has 7 N–H and O–H groups in total. The molecule has 0 aromatic heterocycles. The molecular weight excluding hydrogens is 296 g/mol. The van der Waals surface area contributed by atoms with Crippen molar-refractivity contribution in [2.45, 2.75) is 42.6 Å². The molecule has 0 bridgehead atoms. The van der Waals surface area contributed by atoms with Gasteiger partial charge >= 0.3 is 5.97 Å². The first-order chi connectivity index (χ1) is 10.3. The summed E-state index contributed by atoms with van der Waals surface area (Å²) in [6.45, 7) is 2.75. The molecule has 1 heterocycles. The molecule has 128 valence electrons. The molecular formula is C13H24N2O7. The first-order valence-electron chi connectivity index (χ1n) is 6.82. The van der Waals surface area contributed by atoms with Gasteiger partial charge in [0.2, 0.25) is 0 Å². The Labute approximate surface area is 128 Å².